The fourth-order valence-electron chi connectivity index (χ4n) is 1.85. The van der Waals surface area contributed by atoms with Gasteiger partial charge in [0.25, 0.3) is 0 Å². The Morgan fingerprint density at radius 3 is 2.65 bits per heavy atom. The van der Waals surface area contributed by atoms with E-state index in [2.05, 4.69) is 22.4 Å². The van der Waals surface area contributed by atoms with E-state index in [9.17, 15) is 0 Å². The smallest absolute Gasteiger partial charge is 0.0701 e. The first-order valence-corrected chi connectivity index (χ1v) is 6.05. The number of benzene rings is 1. The van der Waals surface area contributed by atoms with Crippen molar-refractivity contribution in [3.63, 3.8) is 0 Å². The lowest BCUT2D eigenvalue weighted by Gasteiger charge is -2.16. The summed E-state index contributed by atoms with van der Waals surface area (Å²) < 4.78 is 0. The van der Waals surface area contributed by atoms with E-state index in [1.807, 2.05) is 30.5 Å². The fourth-order valence-corrected chi connectivity index (χ4v) is 1.85. The molecular formula is C14H18N2O. The Labute approximate surface area is 102 Å². The largest absolute Gasteiger partial charge is 0.392 e. The number of aliphatic hydroxyl groups is 1. The molecule has 17 heavy (non-hydrogen) atoms. The number of aliphatic hydroxyl groups excluding tert-OH is 1. The molecule has 1 aromatic carbocycles. The van der Waals surface area contributed by atoms with Crippen LogP contribution in [0.4, 0.5) is 0 Å². The summed E-state index contributed by atoms with van der Waals surface area (Å²) in [7, 11) is 0. The van der Waals surface area contributed by atoms with Crippen LogP contribution in [-0.4, -0.2) is 29.3 Å². The molecule has 1 aromatic heterocycles. The first-order chi connectivity index (χ1) is 8.36. The molecule has 1 unspecified atom stereocenters. The van der Waals surface area contributed by atoms with Gasteiger partial charge in [0.2, 0.25) is 0 Å². The van der Waals surface area contributed by atoms with E-state index in [1.54, 1.807) is 0 Å². The number of aromatic nitrogens is 1. The summed E-state index contributed by atoms with van der Waals surface area (Å²) in [6.07, 6.45) is 3.84. The van der Waals surface area contributed by atoms with Crippen LogP contribution in [0, 0.1) is 0 Å². The van der Waals surface area contributed by atoms with E-state index < -0.39 is 0 Å². The Morgan fingerprint density at radius 2 is 2.00 bits per heavy atom. The van der Waals surface area contributed by atoms with E-state index in [0.717, 1.165) is 31.4 Å². The monoisotopic (exact) mass is 230 g/mol. The van der Waals surface area contributed by atoms with E-state index in [1.165, 1.54) is 5.39 Å². The molecule has 1 atom stereocenters. The van der Waals surface area contributed by atoms with Crippen LogP contribution in [0.1, 0.15) is 12.8 Å². The molecule has 1 aliphatic heterocycles. The van der Waals surface area contributed by atoms with Gasteiger partial charge in [-0.2, -0.15) is 0 Å². The van der Waals surface area contributed by atoms with Crippen molar-refractivity contribution in [2.24, 2.45) is 0 Å². The quantitative estimate of drug-likeness (QED) is 0.727. The highest BCUT2D eigenvalue weighted by Gasteiger charge is 2.06. The van der Waals surface area contributed by atoms with Crippen LogP contribution in [0.3, 0.4) is 0 Å². The molecule has 2 aromatic rings. The van der Waals surface area contributed by atoms with Crippen molar-refractivity contribution in [1.82, 2.24) is 10.3 Å². The Morgan fingerprint density at radius 1 is 1.18 bits per heavy atom. The summed E-state index contributed by atoms with van der Waals surface area (Å²) in [5.74, 6) is 0. The molecule has 0 bridgehead atoms. The number of β-amino-alcohol motifs (C(OH)–C–C–N with tert-alkyl or cyclic N) is 1. The molecule has 3 nitrogen and oxygen atoms in total. The maximum Gasteiger partial charge on any atom is 0.0701 e. The van der Waals surface area contributed by atoms with Gasteiger partial charge in [-0.3, -0.25) is 4.98 Å². The van der Waals surface area contributed by atoms with Crippen molar-refractivity contribution in [3.05, 3.63) is 42.6 Å². The Balaban J connectivity index is 0.000000136. The molecule has 3 rings (SSSR count). The molecule has 90 valence electrons. The van der Waals surface area contributed by atoms with Crippen LogP contribution in [0.15, 0.2) is 42.6 Å². The lowest BCUT2D eigenvalue weighted by molar-refractivity contribution is 0.142. The molecular weight excluding hydrogens is 212 g/mol. The predicted molar refractivity (Wildman–Crippen MR) is 69.9 cm³/mol. The normalized spacial score (nSPS) is 19.5. The van der Waals surface area contributed by atoms with Crippen LogP contribution >= 0.6 is 0 Å². The first-order valence-electron chi connectivity index (χ1n) is 6.05. The number of hydrogen-bond acceptors (Lipinski definition) is 3. The summed E-state index contributed by atoms with van der Waals surface area (Å²) in [6.45, 7) is 1.87. The molecule has 0 spiro atoms. The number of rotatable bonds is 0. The first kappa shape index (κ1) is 12.0. The third-order valence-electron chi connectivity index (χ3n) is 2.78. The lowest BCUT2D eigenvalue weighted by atomic mass is 10.1. The summed E-state index contributed by atoms with van der Waals surface area (Å²) >= 11 is 0. The minimum Gasteiger partial charge on any atom is -0.392 e. The summed E-state index contributed by atoms with van der Waals surface area (Å²) in [4.78, 5) is 4.18. The van der Waals surface area contributed by atoms with Gasteiger partial charge in [-0.1, -0.05) is 24.3 Å². The van der Waals surface area contributed by atoms with E-state index in [4.69, 9.17) is 5.11 Å². The van der Waals surface area contributed by atoms with Gasteiger partial charge in [0.1, 0.15) is 0 Å². The van der Waals surface area contributed by atoms with Gasteiger partial charge in [0, 0.05) is 18.1 Å². The van der Waals surface area contributed by atoms with Crippen LogP contribution in [-0.2, 0) is 0 Å². The number of pyridine rings is 1. The number of fused-ring (bicyclic) bond motifs is 1. The lowest BCUT2D eigenvalue weighted by Crippen LogP contribution is -2.33. The zero-order valence-corrected chi connectivity index (χ0v) is 9.84. The van der Waals surface area contributed by atoms with Gasteiger partial charge in [-0.15, -0.1) is 0 Å². The molecule has 2 N–H and O–H groups in total. The summed E-state index contributed by atoms with van der Waals surface area (Å²) in [5, 5.41) is 13.1. The molecule has 0 aliphatic carbocycles. The van der Waals surface area contributed by atoms with Crippen LogP contribution < -0.4 is 5.32 Å². The number of piperidine rings is 1. The highest BCUT2D eigenvalue weighted by molar-refractivity contribution is 5.77. The Bertz CT molecular complexity index is 387. The van der Waals surface area contributed by atoms with Crippen molar-refractivity contribution in [1.29, 1.82) is 0 Å². The molecule has 1 aliphatic rings. The van der Waals surface area contributed by atoms with E-state index in [0.29, 0.717) is 0 Å². The van der Waals surface area contributed by atoms with Crippen molar-refractivity contribution in [2.45, 2.75) is 18.9 Å². The molecule has 3 heteroatoms. The van der Waals surface area contributed by atoms with Crippen molar-refractivity contribution >= 4 is 10.9 Å². The van der Waals surface area contributed by atoms with Crippen LogP contribution in [0.2, 0.25) is 0 Å². The van der Waals surface area contributed by atoms with Gasteiger partial charge in [-0.25, -0.2) is 0 Å². The van der Waals surface area contributed by atoms with E-state index in [-0.39, 0.29) is 6.10 Å². The zero-order chi connectivity index (χ0) is 11.9. The van der Waals surface area contributed by atoms with Crippen LogP contribution in [0.25, 0.3) is 10.9 Å². The summed E-state index contributed by atoms with van der Waals surface area (Å²) in [6, 6.07) is 12.1. The third kappa shape index (κ3) is 3.80. The second kappa shape index (κ2) is 6.33. The van der Waals surface area contributed by atoms with Crippen LogP contribution in [0.5, 0.6) is 0 Å². The van der Waals surface area contributed by atoms with Gasteiger partial charge in [-0.05, 0) is 31.5 Å². The van der Waals surface area contributed by atoms with Gasteiger partial charge in [0.05, 0.1) is 11.6 Å². The number of nitrogens with one attached hydrogen (secondary N) is 1. The number of nitrogens with zero attached hydrogens (tertiary/aromatic N) is 1. The number of para-hydroxylation sites is 1. The van der Waals surface area contributed by atoms with Crippen molar-refractivity contribution in [3.8, 4) is 0 Å². The molecule has 1 fully saturated rings. The second-order valence-corrected chi connectivity index (χ2v) is 4.20. The average molecular weight is 230 g/mol. The zero-order valence-electron chi connectivity index (χ0n) is 9.84. The summed E-state index contributed by atoms with van der Waals surface area (Å²) in [5.41, 5.74) is 1.06. The van der Waals surface area contributed by atoms with Gasteiger partial charge < -0.3 is 10.4 Å². The fraction of sp³-hybridized carbons (Fsp3) is 0.357. The SMILES string of the molecule is OC1CCCNC1.c1ccc2ncccc2c1. The molecule has 0 amide bonds. The van der Waals surface area contributed by atoms with E-state index >= 15 is 0 Å². The second-order valence-electron chi connectivity index (χ2n) is 4.20. The predicted octanol–water partition coefficient (Wildman–Crippen LogP) is 1.97. The number of hydrogen-bond donors (Lipinski definition) is 2. The molecule has 2 heterocycles. The average Bonchev–Trinajstić information content (AvgIpc) is 2.41. The Hall–Kier alpha value is -1.45. The topological polar surface area (TPSA) is 45.1 Å². The third-order valence-corrected chi connectivity index (χ3v) is 2.78. The van der Waals surface area contributed by atoms with Crippen molar-refractivity contribution < 1.29 is 5.11 Å². The maximum absolute atomic E-state index is 8.85. The highest BCUT2D eigenvalue weighted by atomic mass is 16.3. The standard InChI is InChI=1S/C9H7N.C5H11NO/c1-2-6-9-8(4-1)5-3-7-10-9;7-5-2-1-3-6-4-5/h1-7H;5-7H,1-4H2. The Kier molecular flexibility index (Phi) is 4.47. The highest BCUT2D eigenvalue weighted by Crippen LogP contribution is 2.07. The minimum atomic E-state index is -0.0752. The van der Waals surface area contributed by atoms with Gasteiger partial charge in [0.15, 0.2) is 0 Å². The maximum atomic E-state index is 8.85. The molecule has 0 saturated carbocycles. The molecule has 0 radical (unpaired) electrons. The van der Waals surface area contributed by atoms with Gasteiger partial charge >= 0.3 is 0 Å². The molecule has 1 saturated heterocycles. The minimum absolute atomic E-state index is 0.0752. The van der Waals surface area contributed by atoms with Crippen molar-refractivity contribution in [2.75, 3.05) is 13.1 Å².